The van der Waals surface area contributed by atoms with Crippen LogP contribution in [-0.2, 0) is 7.05 Å². The van der Waals surface area contributed by atoms with Gasteiger partial charge in [-0.25, -0.2) is 4.98 Å². The van der Waals surface area contributed by atoms with E-state index < -0.39 is 0 Å². The Hall–Kier alpha value is -1.35. The molecule has 0 amide bonds. The summed E-state index contributed by atoms with van der Waals surface area (Å²) < 4.78 is 2.28. The minimum atomic E-state index is 0.401. The van der Waals surface area contributed by atoms with Gasteiger partial charge in [0.2, 0.25) is 0 Å². The lowest BCUT2D eigenvalue weighted by molar-refractivity contribution is 0.380. The zero-order valence-corrected chi connectivity index (χ0v) is 11.2. The number of rotatable bonds is 1. The van der Waals surface area contributed by atoms with Gasteiger partial charge in [0.1, 0.15) is 5.82 Å². The molecule has 3 rings (SSSR count). The van der Waals surface area contributed by atoms with E-state index in [0.29, 0.717) is 12.0 Å². The highest BCUT2D eigenvalue weighted by molar-refractivity contribution is 5.79. The first-order valence-electron chi connectivity index (χ1n) is 6.84. The predicted molar refractivity (Wildman–Crippen MR) is 74.6 cm³/mol. The Labute approximate surface area is 108 Å². The topological polar surface area (TPSA) is 43.8 Å². The zero-order valence-electron chi connectivity index (χ0n) is 11.2. The Balaban J connectivity index is 2.02. The number of nitrogens with zero attached hydrogens (tertiary/aromatic N) is 2. The van der Waals surface area contributed by atoms with Gasteiger partial charge in [-0.05, 0) is 44.2 Å². The lowest BCUT2D eigenvalue weighted by Crippen LogP contribution is -2.26. The van der Waals surface area contributed by atoms with Crippen molar-refractivity contribution < 1.29 is 0 Å². The summed E-state index contributed by atoms with van der Waals surface area (Å²) >= 11 is 0. The van der Waals surface area contributed by atoms with Gasteiger partial charge >= 0.3 is 0 Å². The Morgan fingerprint density at radius 3 is 2.61 bits per heavy atom. The summed E-state index contributed by atoms with van der Waals surface area (Å²) in [6.45, 7) is 2.16. The molecule has 1 aliphatic rings. The first-order chi connectivity index (χ1) is 8.66. The van der Waals surface area contributed by atoms with Gasteiger partial charge in [-0.3, -0.25) is 0 Å². The second kappa shape index (κ2) is 4.39. The molecule has 1 fully saturated rings. The number of nitrogens with two attached hydrogens (primary N) is 1. The maximum atomic E-state index is 5.99. The molecule has 1 aromatic heterocycles. The van der Waals surface area contributed by atoms with Crippen LogP contribution in [0.4, 0.5) is 0 Å². The van der Waals surface area contributed by atoms with E-state index in [1.54, 1.807) is 0 Å². The normalized spacial score (nSPS) is 24.6. The van der Waals surface area contributed by atoms with Gasteiger partial charge in [-0.15, -0.1) is 0 Å². The maximum absolute atomic E-state index is 5.99. The van der Waals surface area contributed by atoms with Crippen molar-refractivity contribution in [1.29, 1.82) is 0 Å². The molecule has 2 N–H and O–H groups in total. The molecule has 0 unspecified atom stereocenters. The van der Waals surface area contributed by atoms with E-state index in [9.17, 15) is 0 Å². The fourth-order valence-electron chi connectivity index (χ4n) is 3.23. The highest BCUT2D eigenvalue weighted by atomic mass is 15.1. The van der Waals surface area contributed by atoms with Crippen LogP contribution >= 0.6 is 0 Å². The monoisotopic (exact) mass is 243 g/mol. The predicted octanol–water partition coefficient (Wildman–Crippen LogP) is 2.87. The highest BCUT2D eigenvalue weighted by Gasteiger charge is 2.24. The molecule has 96 valence electrons. The Kier molecular flexibility index (Phi) is 2.86. The van der Waals surface area contributed by atoms with Crippen molar-refractivity contribution in [1.82, 2.24) is 9.55 Å². The largest absolute Gasteiger partial charge is 0.331 e. The smallest absolute Gasteiger partial charge is 0.112 e. The second-order valence-electron chi connectivity index (χ2n) is 5.58. The van der Waals surface area contributed by atoms with E-state index in [0.717, 1.165) is 18.4 Å². The van der Waals surface area contributed by atoms with Crippen molar-refractivity contribution >= 4 is 11.0 Å². The lowest BCUT2D eigenvalue weighted by Gasteiger charge is -2.25. The van der Waals surface area contributed by atoms with Gasteiger partial charge in [-0.2, -0.15) is 0 Å². The summed E-state index contributed by atoms with van der Waals surface area (Å²) in [6.07, 6.45) is 4.62. The molecule has 0 radical (unpaired) electrons. The van der Waals surface area contributed by atoms with Crippen LogP contribution in [0.3, 0.4) is 0 Å². The number of fused-ring (bicyclic) bond motifs is 1. The van der Waals surface area contributed by atoms with Gasteiger partial charge < -0.3 is 10.3 Å². The molecule has 18 heavy (non-hydrogen) atoms. The minimum Gasteiger partial charge on any atom is -0.331 e. The van der Waals surface area contributed by atoms with Crippen LogP contribution in [0.1, 0.15) is 43.0 Å². The van der Waals surface area contributed by atoms with Crippen molar-refractivity contribution in [3.05, 3.63) is 29.6 Å². The number of hydrogen-bond acceptors (Lipinski definition) is 2. The van der Waals surface area contributed by atoms with Gasteiger partial charge in [0.25, 0.3) is 0 Å². The molecule has 2 aromatic rings. The maximum Gasteiger partial charge on any atom is 0.112 e. The summed E-state index contributed by atoms with van der Waals surface area (Å²) in [5.41, 5.74) is 9.70. The molecular weight excluding hydrogens is 222 g/mol. The van der Waals surface area contributed by atoms with Crippen LogP contribution in [0, 0.1) is 6.92 Å². The number of para-hydroxylation sites is 1. The van der Waals surface area contributed by atoms with Gasteiger partial charge in [0, 0.05) is 19.0 Å². The summed E-state index contributed by atoms with van der Waals surface area (Å²) in [5, 5.41) is 0. The van der Waals surface area contributed by atoms with E-state index in [2.05, 4.69) is 36.7 Å². The number of benzene rings is 1. The quantitative estimate of drug-likeness (QED) is 0.837. The summed E-state index contributed by atoms with van der Waals surface area (Å²) in [6, 6.07) is 6.76. The van der Waals surface area contributed by atoms with Crippen LogP contribution in [-0.4, -0.2) is 15.6 Å². The van der Waals surface area contributed by atoms with Crippen LogP contribution in [0.2, 0.25) is 0 Å². The van der Waals surface area contributed by atoms with E-state index in [1.165, 1.54) is 29.7 Å². The molecule has 1 aromatic carbocycles. The third-order valence-electron chi connectivity index (χ3n) is 4.27. The van der Waals surface area contributed by atoms with Gasteiger partial charge in [0.15, 0.2) is 0 Å². The molecule has 0 saturated heterocycles. The van der Waals surface area contributed by atoms with Crippen molar-refractivity contribution in [2.45, 2.75) is 44.6 Å². The molecule has 0 atom stereocenters. The molecule has 0 bridgehead atoms. The lowest BCUT2D eigenvalue weighted by atomic mass is 9.86. The summed E-state index contributed by atoms with van der Waals surface area (Å²) in [5.74, 6) is 1.83. The fraction of sp³-hybridized carbons (Fsp3) is 0.533. The zero-order chi connectivity index (χ0) is 12.7. The highest BCUT2D eigenvalue weighted by Crippen LogP contribution is 2.33. The molecular formula is C15H21N3. The van der Waals surface area contributed by atoms with Gasteiger partial charge in [-0.1, -0.05) is 12.1 Å². The number of hydrogen-bond donors (Lipinski definition) is 1. The van der Waals surface area contributed by atoms with Crippen LogP contribution in [0.15, 0.2) is 18.2 Å². The van der Waals surface area contributed by atoms with Crippen molar-refractivity contribution in [3.63, 3.8) is 0 Å². The fourth-order valence-corrected chi connectivity index (χ4v) is 3.23. The van der Waals surface area contributed by atoms with Crippen LogP contribution in [0.5, 0.6) is 0 Å². The standard InChI is InChI=1S/C15H21N3/c1-10-4-3-5-13-14(10)18(2)15(17-13)11-6-8-12(16)9-7-11/h3-5,11-12H,6-9,16H2,1-2H3. The summed E-state index contributed by atoms with van der Waals surface area (Å²) in [4.78, 5) is 4.84. The number of aryl methyl sites for hydroxylation is 2. The number of aromatic nitrogens is 2. The first kappa shape index (κ1) is 11.7. The summed E-state index contributed by atoms with van der Waals surface area (Å²) in [7, 11) is 2.15. The van der Waals surface area contributed by atoms with Crippen molar-refractivity contribution in [2.75, 3.05) is 0 Å². The SMILES string of the molecule is Cc1cccc2nc(C3CCC(N)CC3)n(C)c12. The third-order valence-corrected chi connectivity index (χ3v) is 4.27. The molecule has 0 aliphatic heterocycles. The second-order valence-corrected chi connectivity index (χ2v) is 5.58. The van der Waals surface area contributed by atoms with Gasteiger partial charge in [0.05, 0.1) is 11.0 Å². The third kappa shape index (κ3) is 1.83. The average molecular weight is 243 g/mol. The molecule has 1 heterocycles. The molecule has 1 aliphatic carbocycles. The Morgan fingerprint density at radius 1 is 1.22 bits per heavy atom. The molecule has 3 heteroatoms. The minimum absolute atomic E-state index is 0.401. The van der Waals surface area contributed by atoms with Crippen molar-refractivity contribution in [3.8, 4) is 0 Å². The van der Waals surface area contributed by atoms with E-state index in [-0.39, 0.29) is 0 Å². The van der Waals surface area contributed by atoms with Crippen molar-refractivity contribution in [2.24, 2.45) is 12.8 Å². The Bertz CT molecular complexity index is 562. The van der Waals surface area contributed by atoms with E-state index in [4.69, 9.17) is 10.7 Å². The van der Waals surface area contributed by atoms with E-state index in [1.807, 2.05) is 0 Å². The van der Waals surface area contributed by atoms with Crippen LogP contribution in [0.25, 0.3) is 11.0 Å². The van der Waals surface area contributed by atoms with E-state index >= 15 is 0 Å². The molecule has 3 nitrogen and oxygen atoms in total. The molecule has 0 spiro atoms. The number of imidazole rings is 1. The Morgan fingerprint density at radius 2 is 1.94 bits per heavy atom. The van der Waals surface area contributed by atoms with Crippen LogP contribution < -0.4 is 5.73 Å². The average Bonchev–Trinajstić information content (AvgIpc) is 2.69. The molecule has 1 saturated carbocycles. The first-order valence-corrected chi connectivity index (χ1v) is 6.84.